The maximum atomic E-state index is 13.1. The topological polar surface area (TPSA) is 12.9 Å². The van der Waals surface area contributed by atoms with E-state index >= 15 is 0 Å². The largest absolute Gasteiger partial charge is 0.261 e. The van der Waals surface area contributed by atoms with Crippen molar-refractivity contribution < 1.29 is 4.39 Å². The van der Waals surface area contributed by atoms with E-state index in [1.165, 1.54) is 11.6 Å². The van der Waals surface area contributed by atoms with Crippen LogP contribution in [0.5, 0.6) is 0 Å². The summed E-state index contributed by atoms with van der Waals surface area (Å²) in [6.07, 6.45) is 2.61. The molecule has 0 aliphatic carbocycles. The first-order valence-corrected chi connectivity index (χ1v) is 6.80. The van der Waals surface area contributed by atoms with E-state index in [2.05, 4.69) is 33.9 Å². The molecule has 0 bridgehead atoms. The van der Waals surface area contributed by atoms with Crippen molar-refractivity contribution in [1.82, 2.24) is 4.98 Å². The number of benzene rings is 1. The standard InChI is InChI=1S/C15H15BrFN/c1-10-4-3-7-18-15(10)9-14(16)13-6-5-12(17)8-11(13)2/h3-8,14H,9H2,1-2H3. The van der Waals surface area contributed by atoms with Crippen molar-refractivity contribution in [2.24, 2.45) is 0 Å². The van der Waals surface area contributed by atoms with Crippen molar-refractivity contribution >= 4 is 15.9 Å². The highest BCUT2D eigenvalue weighted by molar-refractivity contribution is 9.09. The fourth-order valence-electron chi connectivity index (χ4n) is 2.00. The van der Waals surface area contributed by atoms with E-state index < -0.39 is 0 Å². The number of alkyl halides is 1. The van der Waals surface area contributed by atoms with Gasteiger partial charge < -0.3 is 0 Å². The van der Waals surface area contributed by atoms with Crippen LogP contribution in [0.15, 0.2) is 36.5 Å². The average Bonchev–Trinajstić information content (AvgIpc) is 2.32. The van der Waals surface area contributed by atoms with Gasteiger partial charge in [-0.3, -0.25) is 4.98 Å². The van der Waals surface area contributed by atoms with Gasteiger partial charge in [0.25, 0.3) is 0 Å². The fraction of sp³-hybridized carbons (Fsp3) is 0.267. The van der Waals surface area contributed by atoms with E-state index in [0.717, 1.165) is 23.2 Å². The summed E-state index contributed by atoms with van der Waals surface area (Å²) >= 11 is 3.67. The SMILES string of the molecule is Cc1cc(F)ccc1C(Br)Cc1ncccc1C. The molecule has 1 nitrogen and oxygen atoms in total. The van der Waals surface area contributed by atoms with Crippen molar-refractivity contribution in [3.8, 4) is 0 Å². The molecule has 2 aromatic rings. The number of aromatic nitrogens is 1. The number of aryl methyl sites for hydroxylation is 2. The highest BCUT2D eigenvalue weighted by Gasteiger charge is 2.13. The Morgan fingerprint density at radius 1 is 1.22 bits per heavy atom. The lowest BCUT2D eigenvalue weighted by atomic mass is 10.0. The van der Waals surface area contributed by atoms with Crippen LogP contribution < -0.4 is 0 Å². The zero-order chi connectivity index (χ0) is 13.1. The minimum Gasteiger partial charge on any atom is -0.261 e. The van der Waals surface area contributed by atoms with Gasteiger partial charge in [0.15, 0.2) is 0 Å². The molecular formula is C15H15BrFN. The van der Waals surface area contributed by atoms with E-state index in [9.17, 15) is 4.39 Å². The minimum absolute atomic E-state index is 0.159. The quantitative estimate of drug-likeness (QED) is 0.760. The monoisotopic (exact) mass is 307 g/mol. The van der Waals surface area contributed by atoms with Crippen LogP contribution in [0.25, 0.3) is 0 Å². The molecule has 0 aliphatic rings. The van der Waals surface area contributed by atoms with Crippen LogP contribution in [0.1, 0.15) is 27.2 Å². The summed E-state index contributed by atoms with van der Waals surface area (Å²) in [6, 6.07) is 8.89. The normalized spacial score (nSPS) is 12.4. The molecule has 1 heterocycles. The first-order chi connectivity index (χ1) is 8.58. The van der Waals surface area contributed by atoms with Gasteiger partial charge in [0.2, 0.25) is 0 Å². The lowest BCUT2D eigenvalue weighted by molar-refractivity contribution is 0.625. The Hall–Kier alpha value is -1.22. The van der Waals surface area contributed by atoms with Gasteiger partial charge >= 0.3 is 0 Å². The Morgan fingerprint density at radius 3 is 2.67 bits per heavy atom. The Bertz CT molecular complexity index is 554. The van der Waals surface area contributed by atoms with Crippen molar-refractivity contribution in [3.63, 3.8) is 0 Å². The van der Waals surface area contributed by atoms with E-state index in [0.29, 0.717) is 0 Å². The Kier molecular flexibility index (Phi) is 4.12. The maximum absolute atomic E-state index is 13.1. The molecule has 1 atom stereocenters. The first-order valence-electron chi connectivity index (χ1n) is 5.88. The number of hydrogen-bond donors (Lipinski definition) is 0. The van der Waals surface area contributed by atoms with E-state index in [1.54, 1.807) is 12.3 Å². The molecule has 0 amide bonds. The van der Waals surface area contributed by atoms with Crippen LogP contribution >= 0.6 is 15.9 Å². The first kappa shape index (κ1) is 13.2. The van der Waals surface area contributed by atoms with Gasteiger partial charge in [0.1, 0.15) is 5.82 Å². The van der Waals surface area contributed by atoms with E-state index in [1.807, 2.05) is 19.1 Å². The Balaban J connectivity index is 2.22. The minimum atomic E-state index is -0.190. The van der Waals surface area contributed by atoms with Crippen LogP contribution in [-0.2, 0) is 6.42 Å². The zero-order valence-electron chi connectivity index (χ0n) is 10.5. The third-order valence-electron chi connectivity index (χ3n) is 3.06. The molecule has 0 saturated heterocycles. The number of rotatable bonds is 3. The highest BCUT2D eigenvalue weighted by Crippen LogP contribution is 2.30. The second kappa shape index (κ2) is 5.61. The summed E-state index contributed by atoms with van der Waals surface area (Å²) < 4.78 is 13.1. The van der Waals surface area contributed by atoms with Gasteiger partial charge in [-0.2, -0.15) is 0 Å². The molecule has 0 radical (unpaired) electrons. The van der Waals surface area contributed by atoms with Crippen LogP contribution in [-0.4, -0.2) is 4.98 Å². The van der Waals surface area contributed by atoms with Gasteiger partial charge in [0.05, 0.1) is 0 Å². The highest BCUT2D eigenvalue weighted by atomic mass is 79.9. The van der Waals surface area contributed by atoms with Crippen molar-refractivity contribution in [3.05, 3.63) is 64.7 Å². The number of nitrogens with zero attached hydrogens (tertiary/aromatic N) is 1. The Morgan fingerprint density at radius 2 is 2.00 bits per heavy atom. The predicted octanol–water partition coefficient (Wildman–Crippen LogP) is 4.52. The lowest BCUT2D eigenvalue weighted by Crippen LogP contribution is -2.02. The molecule has 2 rings (SSSR count). The summed E-state index contributed by atoms with van der Waals surface area (Å²) in [4.78, 5) is 4.55. The molecule has 1 unspecified atom stereocenters. The second-order valence-corrected chi connectivity index (χ2v) is 5.54. The smallest absolute Gasteiger partial charge is 0.123 e. The number of hydrogen-bond acceptors (Lipinski definition) is 1. The summed E-state index contributed by atoms with van der Waals surface area (Å²) in [5, 5.41) is 0. The van der Waals surface area contributed by atoms with Crippen LogP contribution in [0.3, 0.4) is 0 Å². The van der Waals surface area contributed by atoms with E-state index in [-0.39, 0.29) is 10.6 Å². The third-order valence-corrected chi connectivity index (χ3v) is 3.88. The van der Waals surface area contributed by atoms with Crippen LogP contribution in [0.4, 0.5) is 4.39 Å². The Labute approximate surface area is 115 Å². The molecule has 3 heteroatoms. The van der Waals surface area contributed by atoms with Crippen LogP contribution in [0, 0.1) is 19.7 Å². The summed E-state index contributed by atoms with van der Waals surface area (Å²) in [5.41, 5.74) is 4.33. The summed E-state index contributed by atoms with van der Waals surface area (Å²) in [6.45, 7) is 3.98. The molecule has 0 fully saturated rings. The molecule has 0 spiro atoms. The van der Waals surface area contributed by atoms with Crippen molar-refractivity contribution in [1.29, 1.82) is 0 Å². The molecule has 0 aliphatic heterocycles. The van der Waals surface area contributed by atoms with Gasteiger partial charge in [-0.1, -0.05) is 28.1 Å². The van der Waals surface area contributed by atoms with Gasteiger partial charge in [-0.05, 0) is 48.7 Å². The fourth-order valence-corrected chi connectivity index (χ4v) is 2.82. The van der Waals surface area contributed by atoms with E-state index in [4.69, 9.17) is 0 Å². The molecule has 18 heavy (non-hydrogen) atoms. The molecule has 1 aromatic carbocycles. The zero-order valence-corrected chi connectivity index (χ0v) is 12.0. The molecule has 94 valence electrons. The number of pyridine rings is 1. The van der Waals surface area contributed by atoms with Gasteiger partial charge in [-0.25, -0.2) is 4.39 Å². The summed E-state index contributed by atoms with van der Waals surface area (Å²) in [7, 11) is 0. The molecule has 1 aromatic heterocycles. The predicted molar refractivity (Wildman–Crippen MR) is 75.5 cm³/mol. The second-order valence-electron chi connectivity index (χ2n) is 4.44. The van der Waals surface area contributed by atoms with Gasteiger partial charge in [-0.15, -0.1) is 0 Å². The molecular weight excluding hydrogens is 293 g/mol. The molecule has 0 saturated carbocycles. The number of halogens is 2. The van der Waals surface area contributed by atoms with Gasteiger partial charge in [0, 0.05) is 23.1 Å². The molecule has 0 N–H and O–H groups in total. The van der Waals surface area contributed by atoms with Crippen molar-refractivity contribution in [2.45, 2.75) is 25.1 Å². The maximum Gasteiger partial charge on any atom is 0.123 e. The lowest BCUT2D eigenvalue weighted by Gasteiger charge is -2.14. The van der Waals surface area contributed by atoms with Crippen molar-refractivity contribution in [2.75, 3.05) is 0 Å². The third kappa shape index (κ3) is 2.96. The average molecular weight is 308 g/mol. The van der Waals surface area contributed by atoms with Crippen LogP contribution in [0.2, 0.25) is 0 Å². The summed E-state index contributed by atoms with van der Waals surface area (Å²) in [5.74, 6) is -0.190.